The molecule has 0 unspecified atom stereocenters. The van der Waals surface area contributed by atoms with Crippen molar-refractivity contribution in [1.29, 1.82) is 0 Å². The second-order valence-corrected chi connectivity index (χ2v) is 10.1. The summed E-state index contributed by atoms with van der Waals surface area (Å²) in [6.45, 7) is 4.85. The van der Waals surface area contributed by atoms with Crippen molar-refractivity contribution in [2.75, 3.05) is 6.61 Å². The first-order valence-electron chi connectivity index (χ1n) is 11.5. The van der Waals surface area contributed by atoms with Gasteiger partial charge < -0.3 is 9.47 Å². The third-order valence-electron chi connectivity index (χ3n) is 8.13. The van der Waals surface area contributed by atoms with E-state index in [1.807, 2.05) is 6.92 Å². The van der Waals surface area contributed by atoms with Crippen LogP contribution in [-0.2, 0) is 31.8 Å². The molecule has 1 aromatic carbocycles. The fraction of sp³-hybridized carbons (Fsp3) is 0.750. The molecule has 1 aliphatic carbocycles. The second-order valence-electron chi connectivity index (χ2n) is 10.1. The van der Waals surface area contributed by atoms with E-state index in [9.17, 15) is 13.2 Å². The SMILES string of the molecule is C[C@@H]1CC[C@H]2[C@@H](CCCc3ccc(C(F)(F)F)cc3)CO[C@@H]3O[C@@]4(C)CC[C@@H]1[C@]32OO4. The van der Waals surface area contributed by atoms with E-state index in [0.29, 0.717) is 30.3 Å². The Kier molecular flexibility index (Phi) is 5.40. The van der Waals surface area contributed by atoms with E-state index < -0.39 is 29.4 Å². The largest absolute Gasteiger partial charge is 0.416 e. The Morgan fingerprint density at radius 1 is 1.03 bits per heavy atom. The number of hydrogen-bond donors (Lipinski definition) is 0. The van der Waals surface area contributed by atoms with Crippen LogP contribution in [0.1, 0.15) is 63.5 Å². The van der Waals surface area contributed by atoms with E-state index in [4.69, 9.17) is 19.2 Å². The molecule has 172 valence electrons. The molecule has 4 aliphatic heterocycles. The minimum absolute atomic E-state index is 0.308. The summed E-state index contributed by atoms with van der Waals surface area (Å²) in [4.78, 5) is 12.0. The van der Waals surface area contributed by atoms with Crippen molar-refractivity contribution in [3.8, 4) is 0 Å². The molecule has 0 N–H and O–H groups in total. The summed E-state index contributed by atoms with van der Waals surface area (Å²) in [7, 11) is 0. The number of fused-ring (bicyclic) bond motifs is 2. The van der Waals surface area contributed by atoms with Crippen LogP contribution in [0.2, 0.25) is 0 Å². The fourth-order valence-corrected chi connectivity index (χ4v) is 6.44. The van der Waals surface area contributed by atoms with Crippen LogP contribution in [0.4, 0.5) is 13.2 Å². The summed E-state index contributed by atoms with van der Waals surface area (Å²) in [6, 6.07) is 5.52. The first-order chi connectivity index (χ1) is 14.7. The topological polar surface area (TPSA) is 36.9 Å². The van der Waals surface area contributed by atoms with Crippen molar-refractivity contribution in [1.82, 2.24) is 0 Å². The van der Waals surface area contributed by atoms with E-state index >= 15 is 0 Å². The van der Waals surface area contributed by atoms with Crippen LogP contribution in [-0.4, -0.2) is 24.3 Å². The van der Waals surface area contributed by atoms with Gasteiger partial charge in [0.25, 0.3) is 0 Å². The summed E-state index contributed by atoms with van der Waals surface area (Å²) < 4.78 is 50.9. The molecule has 0 aromatic heterocycles. The average Bonchev–Trinajstić information content (AvgIpc) is 2.96. The molecular formula is C24H31F3O4. The van der Waals surface area contributed by atoms with Gasteiger partial charge in [-0.25, -0.2) is 9.78 Å². The molecule has 4 nitrogen and oxygen atoms in total. The van der Waals surface area contributed by atoms with Crippen LogP contribution in [0.5, 0.6) is 0 Å². The van der Waals surface area contributed by atoms with Gasteiger partial charge in [-0.15, -0.1) is 0 Å². The van der Waals surface area contributed by atoms with Crippen molar-refractivity contribution < 1.29 is 32.4 Å². The predicted molar refractivity (Wildman–Crippen MR) is 107 cm³/mol. The van der Waals surface area contributed by atoms with Crippen LogP contribution in [0, 0.1) is 23.7 Å². The maximum absolute atomic E-state index is 12.8. The zero-order valence-corrected chi connectivity index (χ0v) is 18.1. The normalized spacial score (nSPS) is 42.2. The maximum atomic E-state index is 12.8. The van der Waals surface area contributed by atoms with Gasteiger partial charge in [-0.2, -0.15) is 13.2 Å². The van der Waals surface area contributed by atoms with E-state index in [1.165, 1.54) is 18.6 Å². The Balaban J connectivity index is 1.28. The van der Waals surface area contributed by atoms with Crippen LogP contribution >= 0.6 is 0 Å². The molecule has 7 heteroatoms. The van der Waals surface area contributed by atoms with Crippen molar-refractivity contribution in [2.24, 2.45) is 23.7 Å². The molecular weight excluding hydrogens is 409 g/mol. The molecule has 0 amide bonds. The zero-order valence-electron chi connectivity index (χ0n) is 18.1. The summed E-state index contributed by atoms with van der Waals surface area (Å²) in [5.74, 6) is 0.768. The Hall–Kier alpha value is -1.15. The number of benzene rings is 1. The Labute approximate surface area is 181 Å². The summed E-state index contributed by atoms with van der Waals surface area (Å²) in [5.41, 5.74) is -0.216. The molecule has 7 atom stereocenters. The van der Waals surface area contributed by atoms with Gasteiger partial charge in [0, 0.05) is 12.3 Å². The molecule has 5 aliphatic rings. The Morgan fingerprint density at radius 2 is 1.81 bits per heavy atom. The second kappa shape index (κ2) is 7.72. The molecule has 4 heterocycles. The Morgan fingerprint density at radius 3 is 2.55 bits per heavy atom. The number of halogens is 3. The lowest BCUT2D eigenvalue weighted by Gasteiger charge is -2.59. The van der Waals surface area contributed by atoms with Crippen molar-refractivity contribution >= 4 is 0 Å². The van der Waals surface area contributed by atoms with E-state index in [0.717, 1.165) is 44.1 Å². The summed E-state index contributed by atoms with van der Waals surface area (Å²) in [5, 5.41) is 0. The van der Waals surface area contributed by atoms with Crippen LogP contribution in [0.25, 0.3) is 0 Å². The summed E-state index contributed by atoms with van der Waals surface area (Å²) >= 11 is 0. The maximum Gasteiger partial charge on any atom is 0.416 e. The summed E-state index contributed by atoms with van der Waals surface area (Å²) in [6.07, 6.45) is 1.95. The van der Waals surface area contributed by atoms with E-state index in [-0.39, 0.29) is 0 Å². The van der Waals surface area contributed by atoms with Gasteiger partial charge in [0.2, 0.25) is 5.79 Å². The van der Waals surface area contributed by atoms with Gasteiger partial charge in [0.1, 0.15) is 0 Å². The lowest BCUT2D eigenvalue weighted by Crippen LogP contribution is -2.69. The molecule has 1 saturated carbocycles. The number of hydrogen-bond acceptors (Lipinski definition) is 4. The van der Waals surface area contributed by atoms with Crippen LogP contribution < -0.4 is 0 Å². The molecule has 2 bridgehead atoms. The number of alkyl halides is 3. The third-order valence-corrected chi connectivity index (χ3v) is 8.13. The van der Waals surface area contributed by atoms with Gasteiger partial charge in [-0.05, 0) is 80.9 Å². The number of ether oxygens (including phenoxy) is 2. The minimum Gasteiger partial charge on any atom is -0.349 e. The van der Waals surface area contributed by atoms with Crippen molar-refractivity contribution in [3.05, 3.63) is 35.4 Å². The highest BCUT2D eigenvalue weighted by Gasteiger charge is 2.68. The van der Waals surface area contributed by atoms with Crippen molar-refractivity contribution in [2.45, 2.75) is 82.6 Å². The highest BCUT2D eigenvalue weighted by molar-refractivity contribution is 5.24. The number of aryl methyl sites for hydroxylation is 1. The monoisotopic (exact) mass is 440 g/mol. The van der Waals surface area contributed by atoms with Crippen LogP contribution in [0.15, 0.2) is 24.3 Å². The van der Waals surface area contributed by atoms with Gasteiger partial charge in [-0.1, -0.05) is 19.1 Å². The number of rotatable bonds is 4. The van der Waals surface area contributed by atoms with Gasteiger partial charge >= 0.3 is 6.18 Å². The predicted octanol–water partition coefficient (Wildman–Crippen LogP) is 5.89. The van der Waals surface area contributed by atoms with Gasteiger partial charge in [-0.3, -0.25) is 0 Å². The van der Waals surface area contributed by atoms with E-state index in [1.54, 1.807) is 12.1 Å². The molecule has 1 aromatic rings. The highest BCUT2D eigenvalue weighted by atomic mass is 19.4. The minimum atomic E-state index is -4.29. The quantitative estimate of drug-likeness (QED) is 0.547. The Bertz CT molecular complexity index is 797. The zero-order chi connectivity index (χ0) is 21.9. The molecule has 4 saturated heterocycles. The standard InChI is InChI=1S/C24H31F3O4/c1-15-6-11-20-17(5-3-4-16-7-9-18(10-8-16)24(25,26)27)14-28-21-23(20)19(15)12-13-22(2,29-21)30-31-23/h7-10,15,17,19-21H,3-6,11-14H2,1-2H3/t15-,17+,19+,20+,21-,22-,23-/m1/s1. The van der Waals surface area contributed by atoms with Gasteiger partial charge in [0.15, 0.2) is 11.9 Å². The fourth-order valence-electron chi connectivity index (χ4n) is 6.44. The third kappa shape index (κ3) is 3.71. The first kappa shape index (κ1) is 21.7. The smallest absolute Gasteiger partial charge is 0.349 e. The lowest BCUT2D eigenvalue weighted by atomic mass is 9.57. The van der Waals surface area contributed by atoms with Gasteiger partial charge in [0.05, 0.1) is 12.2 Å². The lowest BCUT2D eigenvalue weighted by molar-refractivity contribution is -0.567. The average molecular weight is 441 g/mol. The molecule has 6 rings (SSSR count). The molecule has 0 radical (unpaired) electrons. The van der Waals surface area contributed by atoms with E-state index in [2.05, 4.69) is 6.92 Å². The molecule has 5 fully saturated rings. The van der Waals surface area contributed by atoms with Crippen molar-refractivity contribution in [3.63, 3.8) is 0 Å². The highest BCUT2D eigenvalue weighted by Crippen LogP contribution is 2.60. The molecule has 1 spiro atoms. The van der Waals surface area contributed by atoms with Crippen LogP contribution in [0.3, 0.4) is 0 Å². The first-order valence-corrected chi connectivity index (χ1v) is 11.5. The molecule has 31 heavy (non-hydrogen) atoms.